The smallest absolute Gasteiger partial charge is 0.243 e. The molecule has 0 radical (unpaired) electrons. The van der Waals surface area contributed by atoms with Crippen molar-refractivity contribution < 1.29 is 4.79 Å². The molecule has 1 N–H and O–H groups in total. The topological polar surface area (TPSA) is 29.1 Å². The van der Waals surface area contributed by atoms with Gasteiger partial charge in [-0.1, -0.05) is 48.0 Å². The molecule has 0 saturated carbocycles. The van der Waals surface area contributed by atoms with E-state index in [1.54, 1.807) is 6.08 Å². The Hall–Kier alpha value is -2.09. The molecule has 2 rings (SSSR count). The lowest BCUT2D eigenvalue weighted by molar-refractivity contribution is -0.116. The van der Waals surface area contributed by atoms with Crippen LogP contribution in [0.3, 0.4) is 0 Å². The third-order valence-electron chi connectivity index (χ3n) is 2.95. The van der Waals surface area contributed by atoms with Crippen molar-refractivity contribution in [1.82, 2.24) is 5.32 Å². The summed E-state index contributed by atoms with van der Waals surface area (Å²) in [4.78, 5) is 11.5. The van der Waals surface area contributed by atoms with Gasteiger partial charge in [-0.25, -0.2) is 0 Å². The summed E-state index contributed by atoms with van der Waals surface area (Å²) in [5, 5.41) is 5.39. The molecule has 2 heteroatoms. The Balaban J connectivity index is 1.95. The number of nitrogens with one attached hydrogen (secondary N) is 1. The maximum atomic E-state index is 11.5. The molecule has 0 aliphatic heterocycles. The predicted molar refractivity (Wildman–Crippen MR) is 80.1 cm³/mol. The maximum absolute atomic E-state index is 11.5. The molecule has 0 spiro atoms. The second-order valence-corrected chi connectivity index (χ2v) is 4.94. The van der Waals surface area contributed by atoms with Crippen LogP contribution in [0.5, 0.6) is 0 Å². The van der Waals surface area contributed by atoms with Crippen LogP contribution in [0, 0.1) is 0 Å². The first kappa shape index (κ1) is 13.3. The monoisotopic (exact) mass is 253 g/mol. The second-order valence-electron chi connectivity index (χ2n) is 4.94. The molecule has 0 aliphatic rings. The molecule has 0 aromatic heterocycles. The zero-order valence-electron chi connectivity index (χ0n) is 11.4. The minimum Gasteiger partial charge on any atom is -0.352 e. The molecule has 19 heavy (non-hydrogen) atoms. The summed E-state index contributed by atoms with van der Waals surface area (Å²) in [6, 6.07) is 14.7. The molecule has 2 aromatic carbocycles. The van der Waals surface area contributed by atoms with Crippen LogP contribution in [0.4, 0.5) is 0 Å². The van der Waals surface area contributed by atoms with Crippen molar-refractivity contribution >= 4 is 16.7 Å². The van der Waals surface area contributed by atoms with E-state index in [9.17, 15) is 4.79 Å². The van der Waals surface area contributed by atoms with Crippen molar-refractivity contribution in [3.05, 3.63) is 59.7 Å². The van der Waals surface area contributed by atoms with Gasteiger partial charge in [-0.05, 0) is 36.6 Å². The molecular formula is C17H19NO. The lowest BCUT2D eigenvalue weighted by atomic mass is 10.1. The fraction of sp³-hybridized carbons (Fsp3) is 0.235. The average molecular weight is 253 g/mol. The van der Waals surface area contributed by atoms with Gasteiger partial charge in [-0.15, -0.1) is 0 Å². The van der Waals surface area contributed by atoms with Gasteiger partial charge in [0.25, 0.3) is 0 Å². The highest BCUT2D eigenvalue weighted by Crippen LogP contribution is 2.15. The van der Waals surface area contributed by atoms with E-state index < -0.39 is 0 Å². The largest absolute Gasteiger partial charge is 0.352 e. The fourth-order valence-corrected chi connectivity index (χ4v) is 2.04. The van der Waals surface area contributed by atoms with E-state index in [1.807, 2.05) is 26.0 Å². The normalized spacial score (nSPS) is 10.2. The van der Waals surface area contributed by atoms with Crippen LogP contribution >= 0.6 is 0 Å². The molecule has 98 valence electrons. The Labute approximate surface area is 114 Å². The van der Waals surface area contributed by atoms with Crippen molar-refractivity contribution in [2.45, 2.75) is 20.3 Å². The maximum Gasteiger partial charge on any atom is 0.243 e. The standard InChI is InChI=1S/C17H19NO/c1-13(2)11-17(19)18-10-9-14-7-8-15-5-3-4-6-16(15)12-14/h3-8,11-12H,9-10H2,1-2H3,(H,18,19). The Morgan fingerprint density at radius 1 is 1.11 bits per heavy atom. The molecule has 0 saturated heterocycles. The summed E-state index contributed by atoms with van der Waals surface area (Å²) in [6.45, 7) is 4.51. The quantitative estimate of drug-likeness (QED) is 0.831. The number of benzene rings is 2. The number of hydrogen-bond acceptors (Lipinski definition) is 1. The number of carbonyl (C=O) groups excluding carboxylic acids is 1. The minimum absolute atomic E-state index is 0.0132. The summed E-state index contributed by atoms with van der Waals surface area (Å²) in [5.41, 5.74) is 2.26. The molecule has 0 aliphatic carbocycles. The molecular weight excluding hydrogens is 234 g/mol. The minimum atomic E-state index is -0.0132. The van der Waals surface area contributed by atoms with Gasteiger partial charge in [0.05, 0.1) is 0 Å². The summed E-state index contributed by atoms with van der Waals surface area (Å²) < 4.78 is 0. The van der Waals surface area contributed by atoms with E-state index in [2.05, 4.69) is 35.6 Å². The van der Waals surface area contributed by atoms with Gasteiger partial charge in [0.2, 0.25) is 5.91 Å². The van der Waals surface area contributed by atoms with E-state index in [1.165, 1.54) is 16.3 Å². The first-order valence-electron chi connectivity index (χ1n) is 6.55. The lowest BCUT2D eigenvalue weighted by Gasteiger charge is -2.05. The van der Waals surface area contributed by atoms with Crippen molar-refractivity contribution in [2.24, 2.45) is 0 Å². The van der Waals surface area contributed by atoms with Gasteiger partial charge in [0, 0.05) is 12.6 Å². The lowest BCUT2D eigenvalue weighted by Crippen LogP contribution is -2.23. The predicted octanol–water partition coefficient (Wildman–Crippen LogP) is 3.46. The molecule has 2 nitrogen and oxygen atoms in total. The van der Waals surface area contributed by atoms with E-state index >= 15 is 0 Å². The second kappa shape index (κ2) is 6.19. The fourth-order valence-electron chi connectivity index (χ4n) is 2.04. The third kappa shape index (κ3) is 3.95. The summed E-state index contributed by atoms with van der Waals surface area (Å²) in [7, 11) is 0. The zero-order chi connectivity index (χ0) is 13.7. The Kier molecular flexibility index (Phi) is 4.35. The Morgan fingerprint density at radius 2 is 1.84 bits per heavy atom. The van der Waals surface area contributed by atoms with Crippen LogP contribution in [0.1, 0.15) is 19.4 Å². The number of hydrogen-bond donors (Lipinski definition) is 1. The van der Waals surface area contributed by atoms with Crippen LogP contribution in [-0.2, 0) is 11.2 Å². The highest BCUT2D eigenvalue weighted by atomic mass is 16.1. The van der Waals surface area contributed by atoms with Crippen LogP contribution < -0.4 is 5.32 Å². The van der Waals surface area contributed by atoms with Crippen molar-refractivity contribution in [3.63, 3.8) is 0 Å². The van der Waals surface area contributed by atoms with Gasteiger partial charge < -0.3 is 5.32 Å². The Morgan fingerprint density at radius 3 is 2.58 bits per heavy atom. The number of fused-ring (bicyclic) bond motifs is 1. The van der Waals surface area contributed by atoms with Gasteiger partial charge in [0.15, 0.2) is 0 Å². The molecule has 1 amide bonds. The molecule has 0 fully saturated rings. The van der Waals surface area contributed by atoms with E-state index in [0.29, 0.717) is 6.54 Å². The van der Waals surface area contributed by atoms with Crippen molar-refractivity contribution in [2.75, 3.05) is 6.54 Å². The number of rotatable bonds is 4. The first-order chi connectivity index (χ1) is 9.15. The average Bonchev–Trinajstić information content (AvgIpc) is 2.37. The summed E-state index contributed by atoms with van der Waals surface area (Å²) in [6.07, 6.45) is 2.48. The van der Waals surface area contributed by atoms with Crippen molar-refractivity contribution in [3.8, 4) is 0 Å². The molecule has 0 bridgehead atoms. The highest BCUT2D eigenvalue weighted by Gasteiger charge is 1.98. The first-order valence-corrected chi connectivity index (χ1v) is 6.55. The van der Waals surface area contributed by atoms with Crippen molar-refractivity contribution in [1.29, 1.82) is 0 Å². The molecule has 0 atom stereocenters. The summed E-state index contributed by atoms with van der Waals surface area (Å²) >= 11 is 0. The zero-order valence-corrected chi connectivity index (χ0v) is 11.4. The van der Waals surface area contributed by atoms with E-state index in [0.717, 1.165) is 12.0 Å². The van der Waals surface area contributed by atoms with Crippen LogP contribution in [-0.4, -0.2) is 12.5 Å². The third-order valence-corrected chi connectivity index (χ3v) is 2.95. The van der Waals surface area contributed by atoms with Crippen LogP contribution in [0.15, 0.2) is 54.1 Å². The van der Waals surface area contributed by atoms with Crippen LogP contribution in [0.25, 0.3) is 10.8 Å². The van der Waals surface area contributed by atoms with E-state index in [4.69, 9.17) is 0 Å². The SMILES string of the molecule is CC(C)=CC(=O)NCCc1ccc2ccccc2c1. The van der Waals surface area contributed by atoms with Crippen LogP contribution in [0.2, 0.25) is 0 Å². The number of amides is 1. The van der Waals surface area contributed by atoms with Gasteiger partial charge in [-0.2, -0.15) is 0 Å². The van der Waals surface area contributed by atoms with Gasteiger partial charge in [0.1, 0.15) is 0 Å². The van der Waals surface area contributed by atoms with Gasteiger partial charge >= 0.3 is 0 Å². The van der Waals surface area contributed by atoms with Gasteiger partial charge in [-0.3, -0.25) is 4.79 Å². The number of allylic oxidation sites excluding steroid dienone is 1. The molecule has 2 aromatic rings. The Bertz CT molecular complexity index is 609. The van der Waals surface area contributed by atoms with E-state index in [-0.39, 0.29) is 5.91 Å². The number of carbonyl (C=O) groups is 1. The molecule has 0 heterocycles. The highest BCUT2D eigenvalue weighted by molar-refractivity contribution is 5.88. The molecule has 0 unspecified atom stereocenters. The summed E-state index contributed by atoms with van der Waals surface area (Å²) in [5.74, 6) is -0.0132.